The van der Waals surface area contributed by atoms with Crippen LogP contribution in [0.4, 0.5) is 11.5 Å². The Morgan fingerprint density at radius 2 is 1.80 bits per heavy atom. The number of nitrogens with zero attached hydrogens (tertiary/aromatic N) is 2. The number of hydrogen-bond acceptors (Lipinski definition) is 7. The molecule has 6 rings (SSSR count). The monoisotopic (exact) mass is 612 g/mol. The molecule has 3 aromatic carbocycles. The Balaban J connectivity index is 1.25. The van der Waals surface area contributed by atoms with E-state index in [2.05, 4.69) is 25.2 Å². The van der Waals surface area contributed by atoms with Crippen molar-refractivity contribution in [2.24, 2.45) is 17.6 Å². The van der Waals surface area contributed by atoms with Crippen LogP contribution in [0.15, 0.2) is 83.9 Å². The van der Waals surface area contributed by atoms with Crippen molar-refractivity contribution in [2.75, 3.05) is 17.0 Å². The Hall–Kier alpha value is -4.68. The zero-order valence-electron chi connectivity index (χ0n) is 24.2. The highest BCUT2D eigenvalue weighted by molar-refractivity contribution is 7.92. The van der Waals surface area contributed by atoms with Crippen molar-refractivity contribution in [1.82, 2.24) is 25.5 Å². The summed E-state index contributed by atoms with van der Waals surface area (Å²) in [6.45, 7) is 0.646. The fourth-order valence-corrected chi connectivity index (χ4v) is 6.91. The summed E-state index contributed by atoms with van der Waals surface area (Å²) in [5, 5.41) is 11.1. The number of nitrogen functional groups attached to an aromatic ring is 1. The topological polar surface area (TPSA) is 185 Å². The summed E-state index contributed by atoms with van der Waals surface area (Å²) in [5.74, 6) is 1.40. The first-order chi connectivity index (χ1) is 21.3. The molecule has 0 radical (unpaired) electrons. The number of carbonyl (C=O) groups excluding carboxylic acids is 1. The average molecular weight is 613 g/mol. The summed E-state index contributed by atoms with van der Waals surface area (Å²) in [5.41, 5.74) is 15.4. The number of hydrogen-bond donors (Lipinski definition) is 6. The van der Waals surface area contributed by atoms with Crippen LogP contribution >= 0.6 is 0 Å². The van der Waals surface area contributed by atoms with E-state index in [1.807, 2.05) is 30.5 Å². The summed E-state index contributed by atoms with van der Waals surface area (Å²) in [6, 6.07) is 20.7. The highest BCUT2D eigenvalue weighted by Gasteiger charge is 2.28. The van der Waals surface area contributed by atoms with Crippen molar-refractivity contribution in [3.05, 3.63) is 90.4 Å². The van der Waals surface area contributed by atoms with Crippen LogP contribution in [0.1, 0.15) is 43.1 Å². The lowest BCUT2D eigenvalue weighted by Gasteiger charge is -2.28. The predicted octanol–water partition coefficient (Wildman–Crippen LogP) is 4.50. The van der Waals surface area contributed by atoms with Crippen molar-refractivity contribution in [3.63, 3.8) is 0 Å². The Morgan fingerprint density at radius 1 is 1.00 bits per heavy atom. The highest BCUT2D eigenvalue weighted by atomic mass is 32.2. The molecule has 0 spiro atoms. The number of H-pyrrole nitrogens is 2. The van der Waals surface area contributed by atoms with Gasteiger partial charge < -0.3 is 21.8 Å². The van der Waals surface area contributed by atoms with Gasteiger partial charge >= 0.3 is 0 Å². The number of nitrogens with two attached hydrogens (primary N) is 2. The summed E-state index contributed by atoms with van der Waals surface area (Å²) in [6.07, 6.45) is 5.69. The number of aromatic nitrogens is 4. The predicted molar refractivity (Wildman–Crippen MR) is 171 cm³/mol. The van der Waals surface area contributed by atoms with E-state index >= 15 is 0 Å². The molecule has 12 heteroatoms. The molecule has 5 aromatic rings. The number of carbonyl (C=O) groups is 1. The van der Waals surface area contributed by atoms with Gasteiger partial charge in [0.05, 0.1) is 22.1 Å². The molecule has 228 valence electrons. The van der Waals surface area contributed by atoms with Gasteiger partial charge in [-0.1, -0.05) is 36.4 Å². The van der Waals surface area contributed by atoms with E-state index in [0.29, 0.717) is 41.9 Å². The van der Waals surface area contributed by atoms with Crippen molar-refractivity contribution in [2.45, 2.75) is 43.0 Å². The highest BCUT2D eigenvalue weighted by Crippen LogP contribution is 2.30. The fraction of sp³-hybridized carbons (Fsp3) is 0.281. The minimum absolute atomic E-state index is 0.0151. The van der Waals surface area contributed by atoms with E-state index in [9.17, 15) is 13.2 Å². The second-order valence-corrected chi connectivity index (χ2v) is 13.1. The number of sulfonamides is 1. The molecular weight excluding hydrogens is 576 g/mol. The Bertz CT molecular complexity index is 1860. The van der Waals surface area contributed by atoms with Gasteiger partial charge in [0.1, 0.15) is 5.82 Å². The lowest BCUT2D eigenvalue weighted by molar-refractivity contribution is -0.127. The van der Waals surface area contributed by atoms with Gasteiger partial charge in [0.2, 0.25) is 5.91 Å². The number of nitrogens with one attached hydrogen (secondary N) is 4. The number of rotatable bonds is 10. The van der Waals surface area contributed by atoms with Crippen molar-refractivity contribution in [1.29, 1.82) is 0 Å². The summed E-state index contributed by atoms with van der Waals surface area (Å²) < 4.78 is 28.5. The zero-order valence-corrected chi connectivity index (χ0v) is 25.0. The van der Waals surface area contributed by atoms with Crippen LogP contribution in [0, 0.1) is 11.8 Å². The molecular formula is C32H36N8O3S. The van der Waals surface area contributed by atoms with Crippen LogP contribution in [-0.4, -0.2) is 41.0 Å². The molecule has 1 aliphatic carbocycles. The van der Waals surface area contributed by atoms with Gasteiger partial charge in [0, 0.05) is 28.8 Å². The van der Waals surface area contributed by atoms with E-state index in [1.54, 1.807) is 48.5 Å². The largest absolute Gasteiger partial charge is 0.382 e. The molecule has 1 saturated carbocycles. The maximum atomic E-state index is 13.5. The molecule has 8 N–H and O–H groups in total. The molecule has 0 bridgehead atoms. The first kappa shape index (κ1) is 29.4. The summed E-state index contributed by atoms with van der Waals surface area (Å²) >= 11 is 0. The number of imidazole rings is 1. The molecule has 0 saturated heterocycles. The molecule has 1 aliphatic rings. The molecule has 2 heterocycles. The summed E-state index contributed by atoms with van der Waals surface area (Å²) in [7, 11) is -3.75. The lowest BCUT2D eigenvalue weighted by atomic mass is 9.81. The maximum Gasteiger partial charge on any atom is 0.261 e. The Kier molecular flexibility index (Phi) is 8.36. The van der Waals surface area contributed by atoms with Crippen LogP contribution in [0.5, 0.6) is 0 Å². The van der Waals surface area contributed by atoms with Gasteiger partial charge in [-0.25, -0.2) is 13.4 Å². The first-order valence-corrected chi connectivity index (χ1v) is 16.2. The lowest BCUT2D eigenvalue weighted by Crippen LogP contribution is -2.37. The third-order valence-corrected chi connectivity index (χ3v) is 9.75. The smallest absolute Gasteiger partial charge is 0.261 e. The molecule has 0 unspecified atom stereocenters. The van der Waals surface area contributed by atoms with Gasteiger partial charge in [-0.3, -0.25) is 14.6 Å². The normalized spacial score (nSPS) is 17.8. The zero-order chi connectivity index (χ0) is 30.7. The standard InChI is InChI=1S/C32H36N8O3S/c33-18-20-9-11-22(12-10-20)32(41)37-28(31-35-19-29(36-31)23-13-14-26-27(17-23)38-39-30(26)34)16-21-5-4-6-24(15-21)40-44(42,43)25-7-2-1-3-8-25/h1-8,13-15,17,19-20,22,28,40H,9-12,16,18,33H2,(H,35,36)(H,37,41)(H3,34,38,39)/t20-,22-,28-/m0/s1. The second-order valence-electron chi connectivity index (χ2n) is 11.4. The number of benzene rings is 3. The molecule has 44 heavy (non-hydrogen) atoms. The van der Waals surface area contributed by atoms with Crippen LogP contribution in [-0.2, 0) is 21.2 Å². The van der Waals surface area contributed by atoms with Gasteiger partial charge in [-0.05, 0) is 86.5 Å². The molecule has 1 amide bonds. The van der Waals surface area contributed by atoms with Crippen LogP contribution in [0.3, 0.4) is 0 Å². The van der Waals surface area contributed by atoms with Crippen LogP contribution in [0.2, 0.25) is 0 Å². The minimum atomic E-state index is -3.75. The average Bonchev–Trinajstić information content (AvgIpc) is 3.68. The maximum absolute atomic E-state index is 13.5. The van der Waals surface area contributed by atoms with Crippen LogP contribution < -0.4 is 21.5 Å². The van der Waals surface area contributed by atoms with E-state index in [1.165, 1.54) is 0 Å². The van der Waals surface area contributed by atoms with Crippen molar-refractivity contribution < 1.29 is 13.2 Å². The number of aromatic amines is 2. The van der Waals surface area contributed by atoms with E-state index in [4.69, 9.17) is 16.5 Å². The SMILES string of the molecule is NC[C@H]1CC[C@H](C(=O)N[C@@H](Cc2cccc(NS(=O)(=O)c3ccccc3)c2)c2nc(-c3ccc4c(N)n[nH]c4c3)c[nH]2)CC1. The van der Waals surface area contributed by atoms with Gasteiger partial charge in [-0.2, -0.15) is 5.10 Å². The molecule has 1 fully saturated rings. The molecule has 1 atom stereocenters. The molecule has 2 aromatic heterocycles. The van der Waals surface area contributed by atoms with E-state index in [0.717, 1.165) is 47.7 Å². The van der Waals surface area contributed by atoms with Crippen molar-refractivity contribution >= 4 is 38.3 Å². The fourth-order valence-electron chi connectivity index (χ4n) is 5.84. The first-order valence-electron chi connectivity index (χ1n) is 14.8. The van der Waals surface area contributed by atoms with E-state index < -0.39 is 16.1 Å². The van der Waals surface area contributed by atoms with E-state index in [-0.39, 0.29) is 16.7 Å². The number of fused-ring (bicyclic) bond motifs is 1. The Morgan fingerprint density at radius 3 is 2.57 bits per heavy atom. The second kappa shape index (κ2) is 12.5. The van der Waals surface area contributed by atoms with Crippen LogP contribution in [0.25, 0.3) is 22.2 Å². The third kappa shape index (κ3) is 6.46. The number of amides is 1. The quantitative estimate of drug-likeness (QED) is 0.134. The van der Waals surface area contributed by atoms with Gasteiger partial charge in [0.25, 0.3) is 10.0 Å². The number of anilines is 2. The Labute approximate surface area is 255 Å². The van der Waals surface area contributed by atoms with Crippen molar-refractivity contribution in [3.8, 4) is 11.3 Å². The molecule has 0 aliphatic heterocycles. The molecule has 11 nitrogen and oxygen atoms in total. The summed E-state index contributed by atoms with van der Waals surface area (Å²) in [4.78, 5) is 21.8. The van der Waals surface area contributed by atoms with Gasteiger partial charge in [0.15, 0.2) is 5.82 Å². The van der Waals surface area contributed by atoms with Gasteiger partial charge in [-0.15, -0.1) is 0 Å². The minimum Gasteiger partial charge on any atom is -0.382 e. The third-order valence-electron chi connectivity index (χ3n) is 8.36.